The van der Waals surface area contributed by atoms with Crippen molar-refractivity contribution in [2.45, 2.75) is 32.2 Å². The smallest absolute Gasteiger partial charge is 0.304 e. The lowest BCUT2D eigenvalue weighted by Crippen LogP contribution is -2.31. The van der Waals surface area contributed by atoms with Gasteiger partial charge in [-0.1, -0.05) is 30.7 Å². The van der Waals surface area contributed by atoms with Gasteiger partial charge in [-0.15, -0.1) is 0 Å². The average Bonchev–Trinajstić information content (AvgIpc) is 2.27. The third kappa shape index (κ3) is 5.20. The molecule has 0 bridgehead atoms. The van der Waals surface area contributed by atoms with Crippen LogP contribution >= 0.6 is 11.6 Å². The summed E-state index contributed by atoms with van der Waals surface area (Å²) in [6.07, 6.45) is 1.81. The van der Waals surface area contributed by atoms with Crippen LogP contribution < -0.4 is 5.73 Å². The maximum Gasteiger partial charge on any atom is 0.304 e. The number of halogens is 1. The Morgan fingerprint density at radius 1 is 1.41 bits per heavy atom. The van der Waals surface area contributed by atoms with E-state index < -0.39 is 5.97 Å². The number of aryl methyl sites for hydroxylation is 1. The zero-order chi connectivity index (χ0) is 12.8. The summed E-state index contributed by atoms with van der Waals surface area (Å²) in [6.45, 7) is 1.99. The van der Waals surface area contributed by atoms with Crippen LogP contribution in [0.2, 0.25) is 5.02 Å². The van der Waals surface area contributed by atoms with Gasteiger partial charge < -0.3 is 10.8 Å². The Morgan fingerprint density at radius 2 is 2.00 bits per heavy atom. The predicted octanol–water partition coefficient (Wildman–Crippen LogP) is 2.71. The SMILES string of the molecule is CC(CCc1ccc(Cl)cc1)C(N)CC(=O)O. The Labute approximate surface area is 107 Å². The molecule has 0 saturated carbocycles. The lowest BCUT2D eigenvalue weighted by molar-refractivity contribution is -0.137. The number of benzene rings is 1. The molecule has 1 aromatic carbocycles. The number of rotatable bonds is 6. The van der Waals surface area contributed by atoms with E-state index in [-0.39, 0.29) is 18.4 Å². The summed E-state index contributed by atoms with van der Waals surface area (Å²) in [7, 11) is 0. The van der Waals surface area contributed by atoms with Gasteiger partial charge in [-0.05, 0) is 36.5 Å². The van der Waals surface area contributed by atoms with Gasteiger partial charge in [-0.3, -0.25) is 4.79 Å². The molecule has 0 aliphatic heterocycles. The van der Waals surface area contributed by atoms with Crippen LogP contribution in [0.5, 0.6) is 0 Å². The fraction of sp³-hybridized carbons (Fsp3) is 0.462. The Balaban J connectivity index is 2.39. The summed E-state index contributed by atoms with van der Waals surface area (Å²) in [4.78, 5) is 10.5. The Morgan fingerprint density at radius 3 is 2.53 bits per heavy atom. The van der Waals surface area contributed by atoms with E-state index in [1.54, 1.807) is 0 Å². The van der Waals surface area contributed by atoms with Crippen LogP contribution in [0.1, 0.15) is 25.3 Å². The first-order valence-corrected chi connectivity index (χ1v) is 6.08. The average molecular weight is 256 g/mol. The van der Waals surface area contributed by atoms with Gasteiger partial charge >= 0.3 is 5.97 Å². The van der Waals surface area contributed by atoms with E-state index in [0.29, 0.717) is 0 Å². The van der Waals surface area contributed by atoms with Crippen LogP contribution in [0, 0.1) is 5.92 Å². The minimum absolute atomic E-state index is 0.0295. The molecule has 0 spiro atoms. The number of carbonyl (C=O) groups is 1. The molecule has 0 aromatic heterocycles. The second-order valence-corrected chi connectivity index (χ2v) is 4.84. The van der Waals surface area contributed by atoms with Gasteiger partial charge in [0.05, 0.1) is 6.42 Å². The van der Waals surface area contributed by atoms with Crippen molar-refractivity contribution in [2.75, 3.05) is 0 Å². The minimum atomic E-state index is -0.837. The van der Waals surface area contributed by atoms with E-state index in [1.807, 2.05) is 31.2 Å². The van der Waals surface area contributed by atoms with Gasteiger partial charge in [0, 0.05) is 11.1 Å². The lowest BCUT2D eigenvalue weighted by atomic mass is 9.93. The molecule has 3 nitrogen and oxygen atoms in total. The molecule has 0 heterocycles. The molecule has 17 heavy (non-hydrogen) atoms. The number of carboxylic acid groups (broad SMARTS) is 1. The van der Waals surface area contributed by atoms with Crippen molar-refractivity contribution in [3.05, 3.63) is 34.9 Å². The van der Waals surface area contributed by atoms with Crippen LogP contribution in [0.4, 0.5) is 0 Å². The lowest BCUT2D eigenvalue weighted by Gasteiger charge is -2.17. The van der Waals surface area contributed by atoms with E-state index in [0.717, 1.165) is 17.9 Å². The van der Waals surface area contributed by atoms with Crippen molar-refractivity contribution < 1.29 is 9.90 Å². The van der Waals surface area contributed by atoms with Crippen molar-refractivity contribution in [1.29, 1.82) is 0 Å². The second-order valence-electron chi connectivity index (χ2n) is 4.40. The molecule has 0 radical (unpaired) electrons. The molecule has 0 aliphatic carbocycles. The molecular weight excluding hydrogens is 238 g/mol. The van der Waals surface area contributed by atoms with Crippen molar-refractivity contribution in [2.24, 2.45) is 11.7 Å². The van der Waals surface area contributed by atoms with Gasteiger partial charge in [0.15, 0.2) is 0 Å². The zero-order valence-electron chi connectivity index (χ0n) is 9.90. The van der Waals surface area contributed by atoms with E-state index in [2.05, 4.69) is 0 Å². The van der Waals surface area contributed by atoms with Crippen LogP contribution in [-0.4, -0.2) is 17.1 Å². The van der Waals surface area contributed by atoms with Gasteiger partial charge in [-0.2, -0.15) is 0 Å². The van der Waals surface area contributed by atoms with Crippen LogP contribution in [0.15, 0.2) is 24.3 Å². The first kappa shape index (κ1) is 14.0. The third-order valence-electron chi connectivity index (χ3n) is 2.94. The molecule has 2 atom stereocenters. The number of aliphatic carboxylic acids is 1. The number of nitrogens with two attached hydrogens (primary N) is 1. The molecule has 0 aliphatic rings. The maximum atomic E-state index is 10.5. The molecule has 1 rings (SSSR count). The number of carboxylic acids is 1. The third-order valence-corrected chi connectivity index (χ3v) is 3.19. The standard InChI is InChI=1S/C13H18ClNO2/c1-9(12(15)8-13(16)17)2-3-10-4-6-11(14)7-5-10/h4-7,9,12H,2-3,8,15H2,1H3,(H,16,17). The van der Waals surface area contributed by atoms with Crippen molar-refractivity contribution in [1.82, 2.24) is 0 Å². The highest BCUT2D eigenvalue weighted by molar-refractivity contribution is 6.30. The van der Waals surface area contributed by atoms with E-state index in [1.165, 1.54) is 5.56 Å². The highest BCUT2D eigenvalue weighted by atomic mass is 35.5. The van der Waals surface area contributed by atoms with Crippen LogP contribution in [0.3, 0.4) is 0 Å². The van der Waals surface area contributed by atoms with Gasteiger partial charge in [0.2, 0.25) is 0 Å². The Kier molecular flexibility index (Phi) is 5.45. The molecule has 1 aromatic rings. The summed E-state index contributed by atoms with van der Waals surface area (Å²) in [5, 5.41) is 9.38. The summed E-state index contributed by atoms with van der Waals surface area (Å²) in [5.74, 6) is -0.641. The second kappa shape index (κ2) is 6.62. The predicted molar refractivity (Wildman–Crippen MR) is 69.2 cm³/mol. The molecular formula is C13H18ClNO2. The molecule has 2 unspecified atom stereocenters. The van der Waals surface area contributed by atoms with Crippen LogP contribution in [-0.2, 0) is 11.2 Å². The molecule has 94 valence electrons. The Bertz CT molecular complexity index is 364. The monoisotopic (exact) mass is 255 g/mol. The first-order chi connectivity index (χ1) is 7.99. The van der Waals surface area contributed by atoms with Crippen molar-refractivity contribution in [3.63, 3.8) is 0 Å². The van der Waals surface area contributed by atoms with E-state index >= 15 is 0 Å². The van der Waals surface area contributed by atoms with E-state index in [9.17, 15) is 4.79 Å². The summed E-state index contributed by atoms with van der Waals surface area (Å²) >= 11 is 5.80. The van der Waals surface area contributed by atoms with Crippen molar-refractivity contribution in [3.8, 4) is 0 Å². The van der Waals surface area contributed by atoms with Gasteiger partial charge in [-0.25, -0.2) is 0 Å². The fourth-order valence-corrected chi connectivity index (χ4v) is 1.79. The molecule has 0 fully saturated rings. The number of hydrogen-bond acceptors (Lipinski definition) is 2. The summed E-state index contributed by atoms with van der Waals surface area (Å²) in [6, 6.07) is 7.41. The number of hydrogen-bond donors (Lipinski definition) is 2. The largest absolute Gasteiger partial charge is 0.481 e. The van der Waals surface area contributed by atoms with Crippen molar-refractivity contribution >= 4 is 17.6 Å². The van der Waals surface area contributed by atoms with E-state index in [4.69, 9.17) is 22.4 Å². The Hall–Kier alpha value is -1.06. The molecule has 3 N–H and O–H groups in total. The maximum absolute atomic E-state index is 10.5. The van der Waals surface area contributed by atoms with Crippen LogP contribution in [0.25, 0.3) is 0 Å². The normalized spacial score (nSPS) is 14.3. The van der Waals surface area contributed by atoms with Gasteiger partial charge in [0.25, 0.3) is 0 Å². The summed E-state index contributed by atoms with van der Waals surface area (Å²) < 4.78 is 0. The quantitative estimate of drug-likeness (QED) is 0.822. The fourth-order valence-electron chi connectivity index (χ4n) is 1.66. The molecule has 0 amide bonds. The van der Waals surface area contributed by atoms with Gasteiger partial charge in [0.1, 0.15) is 0 Å². The minimum Gasteiger partial charge on any atom is -0.481 e. The highest BCUT2D eigenvalue weighted by Gasteiger charge is 2.15. The molecule has 4 heteroatoms. The first-order valence-electron chi connectivity index (χ1n) is 5.71. The topological polar surface area (TPSA) is 63.3 Å². The highest BCUT2D eigenvalue weighted by Crippen LogP contribution is 2.16. The summed E-state index contributed by atoms with van der Waals surface area (Å²) in [5.41, 5.74) is 7.00. The zero-order valence-corrected chi connectivity index (χ0v) is 10.7. The molecule has 0 saturated heterocycles.